The van der Waals surface area contributed by atoms with E-state index in [9.17, 15) is 14.7 Å². The largest absolute Gasteiger partial charge is 0.508 e. The first kappa shape index (κ1) is 25.2. The molecule has 1 amide bonds. The van der Waals surface area contributed by atoms with Crippen LogP contribution in [0.5, 0.6) is 5.75 Å². The van der Waals surface area contributed by atoms with Gasteiger partial charge in [-0.15, -0.1) is 0 Å². The molecule has 0 aromatic heterocycles. The van der Waals surface area contributed by atoms with Crippen molar-refractivity contribution in [2.75, 3.05) is 26.7 Å². The first-order chi connectivity index (χ1) is 16.7. The summed E-state index contributed by atoms with van der Waals surface area (Å²) in [6.45, 7) is 7.89. The summed E-state index contributed by atoms with van der Waals surface area (Å²) in [6, 6.07) is 16.9. The minimum Gasteiger partial charge on any atom is -0.508 e. The van der Waals surface area contributed by atoms with E-state index in [1.807, 2.05) is 53.4 Å². The molecule has 1 aliphatic heterocycles. The summed E-state index contributed by atoms with van der Waals surface area (Å²) in [5.41, 5.74) is 0.460. The van der Waals surface area contributed by atoms with Gasteiger partial charge < -0.3 is 19.6 Å². The van der Waals surface area contributed by atoms with Gasteiger partial charge in [0.15, 0.2) is 0 Å². The summed E-state index contributed by atoms with van der Waals surface area (Å²) in [7, 11) is 2.06. The van der Waals surface area contributed by atoms with E-state index >= 15 is 0 Å². The lowest BCUT2D eigenvalue weighted by atomic mass is 9.55. The van der Waals surface area contributed by atoms with Crippen molar-refractivity contribution in [2.24, 2.45) is 5.92 Å². The molecule has 2 aromatic carbocycles. The fraction of sp³-hybridized carbons (Fsp3) is 0.517. The van der Waals surface area contributed by atoms with Crippen LogP contribution in [0.3, 0.4) is 0 Å². The summed E-state index contributed by atoms with van der Waals surface area (Å²) in [5, 5.41) is 10.4. The number of ether oxygens (including phenoxy) is 1. The molecule has 35 heavy (non-hydrogen) atoms. The molecule has 2 fully saturated rings. The lowest BCUT2D eigenvalue weighted by Gasteiger charge is -2.60. The summed E-state index contributed by atoms with van der Waals surface area (Å²) in [6.07, 6.45) is 2.88. The summed E-state index contributed by atoms with van der Waals surface area (Å²) in [4.78, 5) is 30.4. The molecule has 0 bridgehead atoms. The van der Waals surface area contributed by atoms with Crippen LogP contribution >= 0.6 is 0 Å². The fourth-order valence-electron chi connectivity index (χ4n) is 6.38. The Morgan fingerprint density at radius 3 is 2.54 bits per heavy atom. The first-order valence-corrected chi connectivity index (χ1v) is 12.7. The van der Waals surface area contributed by atoms with E-state index in [1.165, 1.54) is 6.92 Å². The molecule has 1 aliphatic carbocycles. The Bertz CT molecular complexity index is 1060. The number of carbonyl (C=O) groups is 2. The standard InChI is InChI=1S/C29H38N2O4/c1-21(2)19-31(27(34)23-9-6-5-7-10-23)25-13-14-29(35-22(3)32)20-30(4)16-15-28(29,18-25)24-11-8-12-26(33)17-24/h5-12,17,21,25,33H,13-16,18-20H2,1-4H3/t25-,28?,29?/m1/s1. The molecule has 1 N–H and O–H groups in total. The van der Waals surface area contributed by atoms with Gasteiger partial charge in [0.2, 0.25) is 0 Å². The van der Waals surface area contributed by atoms with Gasteiger partial charge in [0.05, 0.1) is 0 Å². The van der Waals surface area contributed by atoms with Crippen molar-refractivity contribution in [3.63, 3.8) is 0 Å². The highest BCUT2D eigenvalue weighted by molar-refractivity contribution is 5.94. The van der Waals surface area contributed by atoms with Gasteiger partial charge in [-0.3, -0.25) is 9.59 Å². The summed E-state index contributed by atoms with van der Waals surface area (Å²) >= 11 is 0. The highest BCUT2D eigenvalue weighted by atomic mass is 16.6. The third-order valence-electron chi connectivity index (χ3n) is 7.81. The molecule has 3 atom stereocenters. The minimum absolute atomic E-state index is 0.000422. The Hall–Kier alpha value is -2.86. The van der Waals surface area contributed by atoms with Gasteiger partial charge in [0.1, 0.15) is 11.4 Å². The molecule has 2 aromatic rings. The zero-order valence-electron chi connectivity index (χ0n) is 21.4. The van der Waals surface area contributed by atoms with Gasteiger partial charge in [0, 0.05) is 37.0 Å². The number of carbonyl (C=O) groups excluding carboxylic acids is 2. The molecule has 0 spiro atoms. The van der Waals surface area contributed by atoms with Crippen LogP contribution in [0.4, 0.5) is 0 Å². The van der Waals surface area contributed by atoms with Crippen LogP contribution in [0.15, 0.2) is 54.6 Å². The number of likely N-dealkylation sites (N-methyl/N-ethyl adjacent to an activating group) is 1. The van der Waals surface area contributed by atoms with E-state index in [1.54, 1.807) is 6.07 Å². The SMILES string of the molecule is CC(=O)OC12CC[C@@H](N(CC(C)C)C(=O)c3ccccc3)CC1(c1cccc(O)c1)CCN(C)C2. The highest BCUT2D eigenvalue weighted by Gasteiger charge is 2.61. The molecule has 0 radical (unpaired) electrons. The monoisotopic (exact) mass is 478 g/mol. The quantitative estimate of drug-likeness (QED) is 0.614. The van der Waals surface area contributed by atoms with Crippen molar-refractivity contribution < 1.29 is 19.4 Å². The van der Waals surface area contributed by atoms with Crippen molar-refractivity contribution in [1.82, 2.24) is 9.80 Å². The number of phenolic OH excluding ortho intramolecular Hbond substituents is 1. The molecule has 6 nitrogen and oxygen atoms in total. The van der Waals surface area contributed by atoms with E-state index < -0.39 is 11.0 Å². The Morgan fingerprint density at radius 2 is 1.89 bits per heavy atom. The number of likely N-dealkylation sites (tertiary alicyclic amines) is 1. The van der Waals surface area contributed by atoms with Crippen LogP contribution in [0.25, 0.3) is 0 Å². The number of piperidine rings is 1. The highest BCUT2D eigenvalue weighted by Crippen LogP contribution is 2.54. The second-order valence-corrected chi connectivity index (χ2v) is 10.8. The van der Waals surface area contributed by atoms with Gasteiger partial charge >= 0.3 is 5.97 Å². The van der Waals surface area contributed by atoms with Crippen molar-refractivity contribution in [2.45, 2.75) is 63.5 Å². The van der Waals surface area contributed by atoms with Gasteiger partial charge in [0.25, 0.3) is 5.91 Å². The lowest BCUT2D eigenvalue weighted by molar-refractivity contribution is -0.187. The Balaban J connectivity index is 1.79. The van der Waals surface area contributed by atoms with Crippen molar-refractivity contribution in [3.8, 4) is 5.75 Å². The lowest BCUT2D eigenvalue weighted by Crippen LogP contribution is -2.68. The maximum absolute atomic E-state index is 13.7. The molecular formula is C29H38N2O4. The molecule has 2 unspecified atom stereocenters. The van der Waals surface area contributed by atoms with E-state index in [0.29, 0.717) is 37.4 Å². The number of hydrogen-bond donors (Lipinski definition) is 1. The number of amides is 1. The summed E-state index contributed by atoms with van der Waals surface area (Å²) in [5.74, 6) is 0.275. The minimum atomic E-state index is -0.713. The number of esters is 1. The van der Waals surface area contributed by atoms with Crippen LogP contribution in [0.1, 0.15) is 62.4 Å². The van der Waals surface area contributed by atoms with Crippen LogP contribution in [-0.4, -0.2) is 65.1 Å². The number of aromatic hydroxyl groups is 1. The average molecular weight is 479 g/mol. The van der Waals surface area contributed by atoms with Crippen LogP contribution in [-0.2, 0) is 14.9 Å². The Morgan fingerprint density at radius 1 is 1.14 bits per heavy atom. The Labute approximate surface area is 208 Å². The number of phenols is 1. The van der Waals surface area contributed by atoms with Gasteiger partial charge in [-0.05, 0) is 75.0 Å². The third-order valence-corrected chi connectivity index (χ3v) is 7.81. The zero-order valence-corrected chi connectivity index (χ0v) is 21.4. The van der Waals surface area contributed by atoms with Crippen molar-refractivity contribution in [1.29, 1.82) is 0 Å². The second-order valence-electron chi connectivity index (χ2n) is 10.8. The second kappa shape index (κ2) is 10.0. The number of nitrogens with zero attached hydrogens (tertiary/aromatic N) is 2. The normalized spacial score (nSPS) is 26.7. The number of fused-ring (bicyclic) bond motifs is 1. The molecule has 188 valence electrons. The molecule has 4 rings (SSSR count). The van der Waals surface area contributed by atoms with E-state index in [0.717, 1.165) is 24.9 Å². The van der Waals surface area contributed by atoms with E-state index in [4.69, 9.17) is 4.74 Å². The Kier molecular flexibility index (Phi) is 7.22. The van der Waals surface area contributed by atoms with Gasteiger partial charge in [-0.25, -0.2) is 0 Å². The molecule has 2 aliphatic rings. The molecule has 1 saturated carbocycles. The van der Waals surface area contributed by atoms with Crippen LogP contribution in [0, 0.1) is 5.92 Å². The predicted octanol–water partition coefficient (Wildman–Crippen LogP) is 4.62. The maximum Gasteiger partial charge on any atom is 0.303 e. The third kappa shape index (κ3) is 4.94. The number of rotatable bonds is 6. The molecule has 6 heteroatoms. The molecule has 1 heterocycles. The van der Waals surface area contributed by atoms with E-state index in [2.05, 4.69) is 25.8 Å². The average Bonchev–Trinajstić information content (AvgIpc) is 2.82. The van der Waals surface area contributed by atoms with Crippen molar-refractivity contribution in [3.05, 3.63) is 65.7 Å². The summed E-state index contributed by atoms with van der Waals surface area (Å²) < 4.78 is 6.24. The zero-order chi connectivity index (χ0) is 25.2. The maximum atomic E-state index is 13.7. The van der Waals surface area contributed by atoms with E-state index in [-0.39, 0.29) is 23.7 Å². The number of hydrogen-bond acceptors (Lipinski definition) is 5. The van der Waals surface area contributed by atoms with Gasteiger partial charge in [-0.2, -0.15) is 0 Å². The molecular weight excluding hydrogens is 440 g/mol. The van der Waals surface area contributed by atoms with Crippen molar-refractivity contribution >= 4 is 11.9 Å². The van der Waals surface area contributed by atoms with Crippen LogP contribution < -0.4 is 0 Å². The molecule has 1 saturated heterocycles. The predicted molar refractivity (Wildman–Crippen MR) is 136 cm³/mol. The van der Waals surface area contributed by atoms with Crippen LogP contribution in [0.2, 0.25) is 0 Å². The fourth-order valence-corrected chi connectivity index (χ4v) is 6.38. The van der Waals surface area contributed by atoms with Gasteiger partial charge in [-0.1, -0.05) is 44.2 Å². The number of benzene rings is 2. The smallest absolute Gasteiger partial charge is 0.303 e. The topological polar surface area (TPSA) is 70.1 Å². The first-order valence-electron chi connectivity index (χ1n) is 12.7.